The highest BCUT2D eigenvalue weighted by Crippen LogP contribution is 2.16. The summed E-state index contributed by atoms with van der Waals surface area (Å²) in [7, 11) is 0. The number of benzene rings is 1. The lowest BCUT2D eigenvalue weighted by molar-refractivity contribution is -0.145. The van der Waals surface area contributed by atoms with E-state index in [4.69, 9.17) is 9.84 Å². The van der Waals surface area contributed by atoms with E-state index in [9.17, 15) is 9.90 Å². The van der Waals surface area contributed by atoms with Crippen molar-refractivity contribution in [3.05, 3.63) is 29.8 Å². The van der Waals surface area contributed by atoms with E-state index in [1.807, 2.05) is 13.8 Å². The van der Waals surface area contributed by atoms with Gasteiger partial charge in [0.15, 0.2) is 0 Å². The van der Waals surface area contributed by atoms with Gasteiger partial charge in [0.1, 0.15) is 17.9 Å². The summed E-state index contributed by atoms with van der Waals surface area (Å²) < 4.78 is 5.52. The van der Waals surface area contributed by atoms with Gasteiger partial charge in [-0.3, -0.25) is 10.1 Å². The minimum Gasteiger partial charge on any atom is -0.491 e. The van der Waals surface area contributed by atoms with Crippen molar-refractivity contribution in [3.8, 4) is 5.75 Å². The Morgan fingerprint density at radius 3 is 2.68 bits per heavy atom. The van der Waals surface area contributed by atoms with Crippen LogP contribution < -0.4 is 10.1 Å². The maximum atomic E-state index is 11.3. The van der Waals surface area contributed by atoms with Crippen LogP contribution in [0.5, 0.6) is 5.75 Å². The maximum Gasteiger partial charge on any atom is 0.327 e. The van der Waals surface area contributed by atoms with Crippen LogP contribution >= 0.6 is 0 Å². The Labute approximate surface area is 113 Å². The largest absolute Gasteiger partial charge is 0.491 e. The van der Waals surface area contributed by atoms with Crippen LogP contribution in [0.3, 0.4) is 0 Å². The predicted octanol–water partition coefficient (Wildman–Crippen LogP) is 1.40. The van der Waals surface area contributed by atoms with Crippen molar-refractivity contribution in [2.75, 3.05) is 6.61 Å². The molecule has 0 heterocycles. The molecule has 106 valence electrons. The van der Waals surface area contributed by atoms with Crippen molar-refractivity contribution in [1.82, 2.24) is 5.32 Å². The molecule has 3 N–H and O–H groups in total. The summed E-state index contributed by atoms with van der Waals surface area (Å²) in [6, 6.07) is 6.99. The van der Waals surface area contributed by atoms with E-state index in [0.29, 0.717) is 5.75 Å². The van der Waals surface area contributed by atoms with Gasteiger partial charge in [-0.25, -0.2) is 0 Å². The number of ether oxygens (including phenoxy) is 1. The highest BCUT2D eigenvalue weighted by atomic mass is 16.5. The topological polar surface area (TPSA) is 78.8 Å². The summed E-state index contributed by atoms with van der Waals surface area (Å²) in [6.45, 7) is 5.29. The van der Waals surface area contributed by atoms with E-state index in [1.165, 1.54) is 0 Å². The lowest BCUT2D eigenvalue weighted by atomic mass is 10.0. The second kappa shape index (κ2) is 6.54. The first-order valence-corrected chi connectivity index (χ1v) is 6.21. The molecule has 0 radical (unpaired) electrons. The van der Waals surface area contributed by atoms with E-state index in [-0.39, 0.29) is 19.3 Å². The van der Waals surface area contributed by atoms with Crippen LogP contribution in [0.1, 0.15) is 26.3 Å². The molecular weight excluding hydrogens is 246 g/mol. The zero-order valence-corrected chi connectivity index (χ0v) is 11.5. The van der Waals surface area contributed by atoms with Crippen molar-refractivity contribution < 1.29 is 19.7 Å². The van der Waals surface area contributed by atoms with Gasteiger partial charge >= 0.3 is 5.97 Å². The summed E-state index contributed by atoms with van der Waals surface area (Å²) in [5.41, 5.74) is -0.421. The van der Waals surface area contributed by atoms with E-state index in [0.717, 1.165) is 5.56 Å². The smallest absolute Gasteiger partial charge is 0.327 e. The van der Waals surface area contributed by atoms with E-state index >= 15 is 0 Å². The molecule has 0 spiro atoms. The summed E-state index contributed by atoms with van der Waals surface area (Å²) in [6.07, 6.45) is 0. The van der Waals surface area contributed by atoms with Crippen LogP contribution in [0.2, 0.25) is 0 Å². The van der Waals surface area contributed by atoms with E-state index in [1.54, 1.807) is 31.2 Å². The summed E-state index contributed by atoms with van der Waals surface area (Å²) in [4.78, 5) is 11.3. The zero-order chi connectivity index (χ0) is 14.5. The molecule has 5 nitrogen and oxygen atoms in total. The van der Waals surface area contributed by atoms with Crippen LogP contribution in [0.15, 0.2) is 24.3 Å². The Kier molecular flexibility index (Phi) is 5.32. The lowest BCUT2D eigenvalue weighted by Crippen LogP contribution is -2.56. The van der Waals surface area contributed by atoms with Gasteiger partial charge in [-0.05, 0) is 38.5 Å². The van der Waals surface area contributed by atoms with Crippen LogP contribution in [0, 0.1) is 0 Å². The molecule has 0 saturated carbocycles. The van der Waals surface area contributed by atoms with Crippen molar-refractivity contribution in [2.45, 2.75) is 39.0 Å². The van der Waals surface area contributed by atoms with Crippen molar-refractivity contribution in [1.29, 1.82) is 0 Å². The Hall–Kier alpha value is -1.59. The number of hydrogen-bond donors (Lipinski definition) is 3. The Morgan fingerprint density at radius 2 is 2.16 bits per heavy atom. The Morgan fingerprint density at radius 1 is 1.47 bits per heavy atom. The Bertz CT molecular complexity index is 433. The minimum atomic E-state index is -1.15. The highest BCUT2D eigenvalue weighted by Gasteiger charge is 2.34. The third-order valence-electron chi connectivity index (χ3n) is 2.69. The van der Waals surface area contributed by atoms with Crippen molar-refractivity contribution >= 4 is 5.97 Å². The van der Waals surface area contributed by atoms with Crippen LogP contribution in [0.4, 0.5) is 0 Å². The third kappa shape index (κ3) is 4.54. The molecule has 0 bridgehead atoms. The highest BCUT2D eigenvalue weighted by molar-refractivity contribution is 5.78. The molecule has 1 unspecified atom stereocenters. The number of aliphatic hydroxyl groups excluding tert-OH is 1. The van der Waals surface area contributed by atoms with Gasteiger partial charge in [0.2, 0.25) is 0 Å². The fourth-order valence-electron chi connectivity index (χ4n) is 1.76. The van der Waals surface area contributed by atoms with Gasteiger partial charge in [-0.1, -0.05) is 12.1 Å². The molecule has 1 aromatic carbocycles. The second-order valence-corrected chi connectivity index (χ2v) is 5.03. The van der Waals surface area contributed by atoms with Gasteiger partial charge in [0.25, 0.3) is 0 Å². The SMILES string of the molecule is CC(C)NC(C)(COc1cccc(CO)c1)C(=O)O. The standard InChI is InChI=1S/C14H21NO4/c1-10(2)15-14(3,13(17)18)9-19-12-6-4-5-11(7-12)8-16/h4-7,10,15-16H,8-9H2,1-3H3,(H,17,18). The molecule has 0 aliphatic carbocycles. The number of carboxylic acids is 1. The normalized spacial score (nSPS) is 14.2. The fraction of sp³-hybridized carbons (Fsp3) is 0.500. The zero-order valence-electron chi connectivity index (χ0n) is 11.5. The van der Waals surface area contributed by atoms with Crippen LogP contribution in [-0.2, 0) is 11.4 Å². The third-order valence-corrected chi connectivity index (χ3v) is 2.69. The molecule has 0 aromatic heterocycles. The van der Waals surface area contributed by atoms with Gasteiger partial charge in [-0.15, -0.1) is 0 Å². The molecule has 1 atom stereocenters. The number of hydrogen-bond acceptors (Lipinski definition) is 4. The minimum absolute atomic E-state index is 0.00932. The fourth-order valence-corrected chi connectivity index (χ4v) is 1.76. The summed E-state index contributed by atoms with van der Waals surface area (Å²) in [5.74, 6) is -0.413. The van der Waals surface area contributed by atoms with Gasteiger partial charge in [0, 0.05) is 6.04 Å². The number of nitrogens with one attached hydrogen (secondary N) is 1. The molecule has 0 saturated heterocycles. The first-order valence-electron chi connectivity index (χ1n) is 6.21. The number of carbonyl (C=O) groups is 1. The number of aliphatic hydroxyl groups is 1. The molecule has 0 aliphatic rings. The van der Waals surface area contributed by atoms with E-state index < -0.39 is 11.5 Å². The maximum absolute atomic E-state index is 11.3. The molecule has 19 heavy (non-hydrogen) atoms. The molecule has 0 aliphatic heterocycles. The molecule has 0 fully saturated rings. The van der Waals surface area contributed by atoms with Crippen LogP contribution in [0.25, 0.3) is 0 Å². The van der Waals surface area contributed by atoms with Gasteiger partial charge in [-0.2, -0.15) is 0 Å². The average Bonchev–Trinajstić information content (AvgIpc) is 2.35. The quantitative estimate of drug-likeness (QED) is 0.696. The lowest BCUT2D eigenvalue weighted by Gasteiger charge is -2.28. The molecule has 0 amide bonds. The average molecular weight is 267 g/mol. The van der Waals surface area contributed by atoms with Gasteiger partial charge in [0.05, 0.1) is 6.61 Å². The number of rotatable bonds is 7. The molecule has 1 rings (SSSR count). The first-order chi connectivity index (χ1) is 8.87. The summed E-state index contributed by atoms with van der Waals surface area (Å²) >= 11 is 0. The van der Waals surface area contributed by atoms with Crippen molar-refractivity contribution in [3.63, 3.8) is 0 Å². The van der Waals surface area contributed by atoms with E-state index in [2.05, 4.69) is 5.32 Å². The molecule has 1 aromatic rings. The Balaban J connectivity index is 2.73. The second-order valence-electron chi connectivity index (χ2n) is 5.03. The predicted molar refractivity (Wildman–Crippen MR) is 72.2 cm³/mol. The summed E-state index contributed by atoms with van der Waals surface area (Å²) in [5, 5.41) is 21.3. The van der Waals surface area contributed by atoms with Crippen LogP contribution in [-0.4, -0.2) is 34.4 Å². The monoisotopic (exact) mass is 267 g/mol. The number of carboxylic acid groups (broad SMARTS) is 1. The van der Waals surface area contributed by atoms with Gasteiger partial charge < -0.3 is 14.9 Å². The van der Waals surface area contributed by atoms with Crippen molar-refractivity contribution in [2.24, 2.45) is 0 Å². The molecular formula is C14H21NO4. The molecule has 5 heteroatoms. The number of aliphatic carboxylic acids is 1. The first kappa shape index (κ1) is 15.5.